The van der Waals surface area contributed by atoms with E-state index in [1.54, 1.807) is 0 Å². The molecule has 1 aromatic heterocycles. The van der Waals surface area contributed by atoms with Gasteiger partial charge in [0.1, 0.15) is 0 Å². The van der Waals surface area contributed by atoms with E-state index >= 15 is 0 Å². The van der Waals surface area contributed by atoms with E-state index in [2.05, 4.69) is 10.2 Å². The Morgan fingerprint density at radius 1 is 1.52 bits per heavy atom. The molecule has 6 nitrogen and oxygen atoms in total. The number of halogens is 1. The van der Waals surface area contributed by atoms with Gasteiger partial charge in [0.25, 0.3) is 0 Å². The minimum Gasteiger partial charge on any atom is -0.494 e. The van der Waals surface area contributed by atoms with Crippen molar-refractivity contribution in [3.8, 4) is 5.75 Å². The number of rotatable bonds is 6. The van der Waals surface area contributed by atoms with Crippen molar-refractivity contribution >= 4 is 17.5 Å². The van der Waals surface area contributed by atoms with Gasteiger partial charge in [-0.05, 0) is 25.1 Å². The lowest BCUT2D eigenvalue weighted by atomic mass is 10.1. The summed E-state index contributed by atoms with van der Waals surface area (Å²) in [4.78, 5) is 23.4. The minimum absolute atomic E-state index is 0.0655. The molecular weight excluding hydrogens is 297 g/mol. The molecule has 0 amide bonds. The maximum Gasteiger partial charge on any atom is 0.343 e. The van der Waals surface area contributed by atoms with Crippen LogP contribution in [-0.2, 0) is 6.54 Å². The molecule has 0 aliphatic carbocycles. The molecule has 0 atom stereocenters. The first kappa shape index (κ1) is 15.3. The highest BCUT2D eigenvalue weighted by molar-refractivity contribution is 7.99. The number of ether oxygens (including phenoxy) is 1. The fraction of sp³-hybridized carbons (Fsp3) is 0.308. The molecule has 0 aliphatic heterocycles. The lowest BCUT2D eigenvalue weighted by Gasteiger charge is -2.05. The second kappa shape index (κ2) is 6.57. The lowest BCUT2D eigenvalue weighted by molar-refractivity contribution is 0.102. The van der Waals surface area contributed by atoms with Crippen LogP contribution in [0.25, 0.3) is 0 Å². The number of hydrogen-bond donors (Lipinski definition) is 1. The SMILES string of the molecule is CCn1c(SCC(=O)c2ccc(OC)c(F)c2)n[nH]c1=O. The van der Waals surface area contributed by atoms with Gasteiger partial charge in [-0.3, -0.25) is 9.36 Å². The molecule has 2 aromatic rings. The molecule has 0 saturated carbocycles. The molecule has 1 N–H and O–H groups in total. The highest BCUT2D eigenvalue weighted by atomic mass is 32.2. The molecule has 0 aliphatic rings. The van der Waals surface area contributed by atoms with Crippen molar-refractivity contribution in [3.05, 3.63) is 40.1 Å². The maximum absolute atomic E-state index is 13.5. The van der Waals surface area contributed by atoms with E-state index in [-0.39, 0.29) is 28.5 Å². The monoisotopic (exact) mass is 311 g/mol. The van der Waals surface area contributed by atoms with Crippen LogP contribution >= 0.6 is 11.8 Å². The number of aromatic amines is 1. The molecule has 1 aromatic carbocycles. The number of Topliss-reactive ketones (excluding diaryl/α,β-unsaturated/α-hetero) is 1. The number of aromatic nitrogens is 3. The fourth-order valence-corrected chi connectivity index (χ4v) is 2.65. The van der Waals surface area contributed by atoms with Crippen LogP contribution in [0.15, 0.2) is 28.2 Å². The van der Waals surface area contributed by atoms with Gasteiger partial charge in [-0.1, -0.05) is 11.8 Å². The van der Waals surface area contributed by atoms with Gasteiger partial charge in [0.15, 0.2) is 22.5 Å². The average molecular weight is 311 g/mol. The van der Waals surface area contributed by atoms with E-state index in [1.165, 1.54) is 23.8 Å². The summed E-state index contributed by atoms with van der Waals surface area (Å²) >= 11 is 1.13. The quantitative estimate of drug-likeness (QED) is 0.649. The lowest BCUT2D eigenvalue weighted by Crippen LogP contribution is -2.16. The van der Waals surface area contributed by atoms with Crippen LogP contribution in [0.1, 0.15) is 17.3 Å². The number of carbonyl (C=O) groups is 1. The van der Waals surface area contributed by atoms with Gasteiger partial charge in [-0.2, -0.15) is 0 Å². The Hall–Kier alpha value is -2.09. The highest BCUT2D eigenvalue weighted by Gasteiger charge is 2.13. The van der Waals surface area contributed by atoms with Crippen molar-refractivity contribution in [2.45, 2.75) is 18.6 Å². The van der Waals surface area contributed by atoms with Crippen LogP contribution in [0.4, 0.5) is 4.39 Å². The predicted octanol–water partition coefficient (Wildman–Crippen LogP) is 1.71. The van der Waals surface area contributed by atoms with Gasteiger partial charge in [0.2, 0.25) is 0 Å². The molecule has 21 heavy (non-hydrogen) atoms. The molecule has 0 radical (unpaired) electrons. The molecule has 0 saturated heterocycles. The van der Waals surface area contributed by atoms with Crippen LogP contribution in [0, 0.1) is 5.82 Å². The number of hydrogen-bond acceptors (Lipinski definition) is 5. The third-order valence-electron chi connectivity index (χ3n) is 2.85. The van der Waals surface area contributed by atoms with Crippen LogP contribution in [-0.4, -0.2) is 33.4 Å². The zero-order valence-electron chi connectivity index (χ0n) is 11.6. The third-order valence-corrected chi connectivity index (χ3v) is 3.82. The van der Waals surface area contributed by atoms with Gasteiger partial charge >= 0.3 is 5.69 Å². The minimum atomic E-state index is -0.585. The first-order valence-corrected chi connectivity index (χ1v) is 7.20. The van der Waals surface area contributed by atoms with E-state index < -0.39 is 5.82 Å². The molecule has 0 bridgehead atoms. The van der Waals surface area contributed by atoms with E-state index in [1.807, 2.05) is 6.92 Å². The summed E-state index contributed by atoms with van der Waals surface area (Å²) in [6.07, 6.45) is 0. The summed E-state index contributed by atoms with van der Waals surface area (Å²) < 4.78 is 19.8. The number of benzene rings is 1. The summed E-state index contributed by atoms with van der Waals surface area (Å²) in [6.45, 7) is 2.27. The molecule has 1 heterocycles. The number of nitrogens with zero attached hydrogens (tertiary/aromatic N) is 2. The Kier molecular flexibility index (Phi) is 4.79. The normalized spacial score (nSPS) is 10.6. The number of thioether (sulfide) groups is 1. The standard InChI is InChI=1S/C13H14FN3O3S/c1-3-17-12(19)15-16-13(17)21-7-10(18)8-4-5-11(20-2)9(14)6-8/h4-6H,3,7H2,1-2H3,(H,15,19). The van der Waals surface area contributed by atoms with E-state index in [4.69, 9.17) is 4.74 Å². The van der Waals surface area contributed by atoms with Crippen molar-refractivity contribution in [1.29, 1.82) is 0 Å². The summed E-state index contributed by atoms with van der Waals surface area (Å²) in [6, 6.07) is 4.05. The molecule has 0 fully saturated rings. The second-order valence-corrected chi connectivity index (χ2v) is 5.06. The average Bonchev–Trinajstić information content (AvgIpc) is 2.84. The number of nitrogens with one attached hydrogen (secondary N) is 1. The van der Waals surface area contributed by atoms with Gasteiger partial charge < -0.3 is 4.74 Å². The van der Waals surface area contributed by atoms with Crippen molar-refractivity contribution < 1.29 is 13.9 Å². The first-order chi connectivity index (χ1) is 10.1. The maximum atomic E-state index is 13.5. The van der Waals surface area contributed by atoms with Crippen LogP contribution < -0.4 is 10.4 Å². The Morgan fingerprint density at radius 3 is 2.90 bits per heavy atom. The van der Waals surface area contributed by atoms with Gasteiger partial charge in [-0.25, -0.2) is 14.3 Å². The van der Waals surface area contributed by atoms with Crippen molar-refractivity contribution in [3.63, 3.8) is 0 Å². The van der Waals surface area contributed by atoms with Crippen molar-refractivity contribution in [2.75, 3.05) is 12.9 Å². The molecule has 0 spiro atoms. The Bertz CT molecular complexity index is 711. The zero-order chi connectivity index (χ0) is 15.4. The zero-order valence-corrected chi connectivity index (χ0v) is 12.4. The van der Waals surface area contributed by atoms with Gasteiger partial charge in [0, 0.05) is 12.1 Å². The molecule has 112 valence electrons. The van der Waals surface area contributed by atoms with Gasteiger partial charge in [-0.15, -0.1) is 5.10 Å². The number of carbonyl (C=O) groups excluding carboxylic acids is 1. The van der Waals surface area contributed by atoms with Crippen molar-refractivity contribution in [2.24, 2.45) is 0 Å². The smallest absolute Gasteiger partial charge is 0.343 e. The topological polar surface area (TPSA) is 77.0 Å². The van der Waals surface area contributed by atoms with Crippen LogP contribution in [0.5, 0.6) is 5.75 Å². The summed E-state index contributed by atoms with van der Waals surface area (Å²) in [7, 11) is 1.36. The Labute approximate surface area is 124 Å². The second-order valence-electron chi connectivity index (χ2n) is 4.12. The third kappa shape index (κ3) is 3.33. The first-order valence-electron chi connectivity index (χ1n) is 6.21. The molecule has 0 unspecified atom stereocenters. The molecule has 8 heteroatoms. The van der Waals surface area contributed by atoms with E-state index in [0.717, 1.165) is 17.8 Å². The largest absolute Gasteiger partial charge is 0.494 e. The highest BCUT2D eigenvalue weighted by Crippen LogP contribution is 2.20. The van der Waals surface area contributed by atoms with Gasteiger partial charge in [0.05, 0.1) is 12.9 Å². The number of H-pyrrole nitrogens is 1. The van der Waals surface area contributed by atoms with Crippen molar-refractivity contribution in [1.82, 2.24) is 14.8 Å². The number of ketones is 1. The fourth-order valence-electron chi connectivity index (χ4n) is 1.75. The summed E-state index contributed by atoms with van der Waals surface area (Å²) in [5.74, 6) is -0.680. The Balaban J connectivity index is 2.08. The molecule has 2 rings (SSSR count). The van der Waals surface area contributed by atoms with Crippen LogP contribution in [0.3, 0.4) is 0 Å². The summed E-state index contributed by atoms with van der Waals surface area (Å²) in [5.41, 5.74) is -0.0651. The van der Waals surface area contributed by atoms with E-state index in [9.17, 15) is 14.0 Å². The summed E-state index contributed by atoms with van der Waals surface area (Å²) in [5, 5.41) is 6.60. The number of methoxy groups -OCH3 is 1. The predicted molar refractivity (Wildman–Crippen MR) is 76.5 cm³/mol. The Morgan fingerprint density at radius 2 is 2.29 bits per heavy atom. The van der Waals surface area contributed by atoms with E-state index in [0.29, 0.717) is 11.7 Å². The molecular formula is C13H14FN3O3S. The van der Waals surface area contributed by atoms with Crippen LogP contribution in [0.2, 0.25) is 0 Å².